The first-order chi connectivity index (χ1) is 8.50. The minimum Gasteiger partial charge on any atom is -0.294 e. The van der Waals surface area contributed by atoms with Crippen LogP contribution in [0.4, 0.5) is 0 Å². The van der Waals surface area contributed by atoms with Crippen molar-refractivity contribution in [3.8, 4) is 0 Å². The zero-order valence-corrected chi connectivity index (χ0v) is 11.4. The third-order valence-electron chi connectivity index (χ3n) is 4.83. The zero-order chi connectivity index (χ0) is 12.9. The number of ketones is 1. The molecule has 2 aliphatic rings. The lowest BCUT2D eigenvalue weighted by atomic mass is 9.66. The Bertz CT molecular complexity index is 549. The van der Waals surface area contributed by atoms with Crippen molar-refractivity contribution in [1.29, 1.82) is 0 Å². The zero-order valence-electron chi connectivity index (χ0n) is 11.4. The number of hydrogen-bond acceptors (Lipinski definition) is 1. The molecular weight excluding hydrogens is 220 g/mol. The SMILES string of the molecule is CC1Cc2cc3c(cc2C(=O)C1(C)C)C=CCC3. The van der Waals surface area contributed by atoms with Crippen molar-refractivity contribution in [3.63, 3.8) is 0 Å². The number of Topliss-reactive ketones (excluding diaryl/α,β-unsaturated/α-hetero) is 1. The maximum Gasteiger partial charge on any atom is 0.169 e. The van der Waals surface area contributed by atoms with E-state index < -0.39 is 0 Å². The summed E-state index contributed by atoms with van der Waals surface area (Å²) in [6.07, 6.45) is 7.64. The number of rotatable bonds is 0. The minimum absolute atomic E-state index is 0.223. The van der Waals surface area contributed by atoms with Gasteiger partial charge >= 0.3 is 0 Å². The first kappa shape index (κ1) is 11.7. The molecule has 0 saturated heterocycles. The van der Waals surface area contributed by atoms with E-state index >= 15 is 0 Å². The molecule has 0 spiro atoms. The van der Waals surface area contributed by atoms with E-state index in [-0.39, 0.29) is 5.41 Å². The molecule has 18 heavy (non-hydrogen) atoms. The average Bonchev–Trinajstić information content (AvgIpc) is 2.35. The molecule has 94 valence electrons. The fourth-order valence-electron chi connectivity index (χ4n) is 3.07. The number of carbonyl (C=O) groups is 1. The molecule has 2 aliphatic carbocycles. The Morgan fingerprint density at radius 2 is 2.00 bits per heavy atom. The van der Waals surface area contributed by atoms with Gasteiger partial charge in [0, 0.05) is 11.0 Å². The Labute approximate surface area is 109 Å². The highest BCUT2D eigenvalue weighted by Crippen LogP contribution is 2.40. The molecule has 1 nitrogen and oxygen atoms in total. The molecule has 0 bridgehead atoms. The van der Waals surface area contributed by atoms with Crippen LogP contribution in [-0.4, -0.2) is 5.78 Å². The summed E-state index contributed by atoms with van der Waals surface area (Å²) < 4.78 is 0. The summed E-state index contributed by atoms with van der Waals surface area (Å²) in [6, 6.07) is 4.40. The lowest BCUT2D eigenvalue weighted by Gasteiger charge is -2.36. The molecular formula is C17H20O. The predicted molar refractivity (Wildman–Crippen MR) is 74.8 cm³/mol. The molecule has 1 aromatic rings. The molecule has 0 heterocycles. The summed E-state index contributed by atoms with van der Waals surface area (Å²) in [5.74, 6) is 0.743. The first-order valence-corrected chi connectivity index (χ1v) is 6.87. The van der Waals surface area contributed by atoms with Gasteiger partial charge in [-0.1, -0.05) is 39.0 Å². The highest BCUT2D eigenvalue weighted by Gasteiger charge is 2.40. The van der Waals surface area contributed by atoms with Gasteiger partial charge in [-0.3, -0.25) is 4.79 Å². The standard InChI is InChI=1S/C17H20O/c1-11-8-14-9-12-6-4-5-7-13(12)10-15(14)16(18)17(11,2)3/h5,7,9-11H,4,6,8H2,1-3H3. The minimum atomic E-state index is -0.223. The smallest absolute Gasteiger partial charge is 0.169 e. The van der Waals surface area contributed by atoms with E-state index in [1.807, 2.05) is 0 Å². The Morgan fingerprint density at radius 3 is 2.78 bits per heavy atom. The van der Waals surface area contributed by atoms with Crippen molar-refractivity contribution in [2.45, 2.75) is 40.0 Å². The van der Waals surface area contributed by atoms with Gasteiger partial charge in [-0.2, -0.15) is 0 Å². The average molecular weight is 240 g/mol. The number of hydrogen-bond donors (Lipinski definition) is 0. The Morgan fingerprint density at radius 1 is 1.22 bits per heavy atom. The second-order valence-corrected chi connectivity index (χ2v) is 6.31. The van der Waals surface area contributed by atoms with Gasteiger partial charge in [-0.15, -0.1) is 0 Å². The molecule has 1 unspecified atom stereocenters. The van der Waals surface area contributed by atoms with Crippen molar-refractivity contribution in [2.75, 3.05) is 0 Å². The number of aryl methyl sites for hydroxylation is 1. The maximum absolute atomic E-state index is 12.6. The van der Waals surface area contributed by atoms with Gasteiger partial charge in [0.25, 0.3) is 0 Å². The van der Waals surface area contributed by atoms with Crippen LogP contribution in [0.5, 0.6) is 0 Å². The third-order valence-corrected chi connectivity index (χ3v) is 4.83. The van der Waals surface area contributed by atoms with Gasteiger partial charge in [0.05, 0.1) is 0 Å². The number of fused-ring (bicyclic) bond motifs is 2. The lowest BCUT2D eigenvalue weighted by molar-refractivity contribution is 0.0731. The lowest BCUT2D eigenvalue weighted by Crippen LogP contribution is -2.37. The number of allylic oxidation sites excluding steroid dienone is 1. The van der Waals surface area contributed by atoms with Crippen LogP contribution < -0.4 is 0 Å². The van der Waals surface area contributed by atoms with Crippen LogP contribution in [0.2, 0.25) is 0 Å². The van der Waals surface area contributed by atoms with Crippen molar-refractivity contribution in [2.24, 2.45) is 11.3 Å². The molecule has 0 N–H and O–H groups in total. The summed E-state index contributed by atoms with van der Waals surface area (Å²) in [4.78, 5) is 12.6. The summed E-state index contributed by atoms with van der Waals surface area (Å²) in [7, 11) is 0. The molecule has 0 amide bonds. The van der Waals surface area contributed by atoms with E-state index in [9.17, 15) is 4.79 Å². The molecule has 1 atom stereocenters. The second-order valence-electron chi connectivity index (χ2n) is 6.31. The van der Waals surface area contributed by atoms with E-state index in [1.165, 1.54) is 16.7 Å². The molecule has 0 saturated carbocycles. The van der Waals surface area contributed by atoms with Gasteiger partial charge in [0.15, 0.2) is 5.78 Å². The van der Waals surface area contributed by atoms with Crippen LogP contribution in [0.25, 0.3) is 6.08 Å². The Kier molecular flexibility index (Phi) is 2.48. The van der Waals surface area contributed by atoms with Crippen LogP contribution in [0.3, 0.4) is 0 Å². The third kappa shape index (κ3) is 1.57. The van der Waals surface area contributed by atoms with Crippen LogP contribution in [0, 0.1) is 11.3 Å². The molecule has 0 aliphatic heterocycles. The summed E-state index contributed by atoms with van der Waals surface area (Å²) >= 11 is 0. The highest BCUT2D eigenvalue weighted by atomic mass is 16.1. The summed E-state index contributed by atoms with van der Waals surface area (Å²) in [5.41, 5.74) is 4.67. The second kappa shape index (κ2) is 3.81. The summed E-state index contributed by atoms with van der Waals surface area (Å²) in [5, 5.41) is 0. The quantitative estimate of drug-likeness (QED) is 0.668. The largest absolute Gasteiger partial charge is 0.294 e. The Hall–Kier alpha value is -1.37. The van der Waals surface area contributed by atoms with E-state index in [0.717, 1.165) is 24.8 Å². The summed E-state index contributed by atoms with van der Waals surface area (Å²) in [6.45, 7) is 6.36. The number of benzene rings is 1. The molecule has 3 rings (SSSR count). The van der Waals surface area contributed by atoms with Gasteiger partial charge in [-0.25, -0.2) is 0 Å². The van der Waals surface area contributed by atoms with E-state index in [0.29, 0.717) is 11.7 Å². The van der Waals surface area contributed by atoms with Crippen molar-refractivity contribution in [3.05, 3.63) is 40.5 Å². The van der Waals surface area contributed by atoms with Crippen LogP contribution in [0.15, 0.2) is 18.2 Å². The topological polar surface area (TPSA) is 17.1 Å². The monoisotopic (exact) mass is 240 g/mol. The Balaban J connectivity index is 2.16. The van der Waals surface area contributed by atoms with Gasteiger partial charge in [-0.05, 0) is 47.9 Å². The maximum atomic E-state index is 12.6. The van der Waals surface area contributed by atoms with Crippen molar-refractivity contribution < 1.29 is 4.79 Å². The van der Waals surface area contributed by atoms with Crippen molar-refractivity contribution in [1.82, 2.24) is 0 Å². The van der Waals surface area contributed by atoms with Gasteiger partial charge in [0.2, 0.25) is 0 Å². The van der Waals surface area contributed by atoms with Gasteiger partial charge in [0.1, 0.15) is 0 Å². The molecule has 0 aromatic heterocycles. The van der Waals surface area contributed by atoms with Crippen LogP contribution in [0.1, 0.15) is 54.2 Å². The number of carbonyl (C=O) groups excluding carboxylic acids is 1. The fraction of sp³-hybridized carbons (Fsp3) is 0.471. The van der Waals surface area contributed by atoms with Crippen LogP contribution in [-0.2, 0) is 12.8 Å². The highest BCUT2D eigenvalue weighted by molar-refractivity contribution is 6.03. The molecule has 1 heteroatoms. The van der Waals surface area contributed by atoms with Crippen LogP contribution >= 0.6 is 0 Å². The fourth-order valence-corrected chi connectivity index (χ4v) is 3.07. The first-order valence-electron chi connectivity index (χ1n) is 6.87. The van der Waals surface area contributed by atoms with E-state index in [2.05, 4.69) is 45.1 Å². The molecule has 0 fully saturated rings. The van der Waals surface area contributed by atoms with Gasteiger partial charge < -0.3 is 0 Å². The molecule has 1 aromatic carbocycles. The molecule has 0 radical (unpaired) electrons. The predicted octanol–water partition coefficient (Wildman–Crippen LogP) is 4.05. The van der Waals surface area contributed by atoms with Crippen molar-refractivity contribution >= 4 is 11.9 Å². The van der Waals surface area contributed by atoms with E-state index in [1.54, 1.807) is 0 Å². The normalized spacial score (nSPS) is 24.6. The van der Waals surface area contributed by atoms with E-state index in [4.69, 9.17) is 0 Å².